The molecule has 0 radical (unpaired) electrons. The molecule has 0 aliphatic carbocycles. The first-order valence-corrected chi connectivity index (χ1v) is 5.50. The van der Waals surface area contributed by atoms with Crippen LogP contribution in [0.1, 0.15) is 5.56 Å². The van der Waals surface area contributed by atoms with E-state index in [1.807, 2.05) is 13.0 Å². The Balaban J connectivity index is 2.26. The molecule has 0 unspecified atom stereocenters. The Bertz CT molecular complexity index is 499. The monoisotopic (exact) mass is 281 g/mol. The highest BCUT2D eigenvalue weighted by Crippen LogP contribution is 2.24. The second kappa shape index (κ2) is 4.61. The number of aryl methyl sites for hydroxylation is 1. The Hall–Kier alpha value is -1.42. The lowest BCUT2D eigenvalue weighted by Crippen LogP contribution is -1.90. The third-order valence-electron chi connectivity index (χ3n) is 2.06. The molecular formula is C12H9BrFNO. The average Bonchev–Trinajstić information content (AvgIpc) is 2.27. The van der Waals surface area contributed by atoms with Gasteiger partial charge in [0, 0.05) is 22.8 Å². The predicted molar refractivity (Wildman–Crippen MR) is 63.1 cm³/mol. The van der Waals surface area contributed by atoms with Crippen LogP contribution in [0.5, 0.6) is 11.6 Å². The predicted octanol–water partition coefficient (Wildman–Crippen LogP) is 4.08. The first-order valence-electron chi connectivity index (χ1n) is 4.71. The van der Waals surface area contributed by atoms with Crippen LogP contribution in [0.25, 0.3) is 0 Å². The van der Waals surface area contributed by atoms with Gasteiger partial charge in [-0.2, -0.15) is 0 Å². The topological polar surface area (TPSA) is 22.1 Å². The maximum atomic E-state index is 13.0. The molecule has 82 valence electrons. The fraction of sp³-hybridized carbons (Fsp3) is 0.0833. The fourth-order valence-electron chi connectivity index (χ4n) is 1.22. The molecule has 4 heteroatoms. The molecule has 1 heterocycles. The van der Waals surface area contributed by atoms with Crippen molar-refractivity contribution in [2.45, 2.75) is 6.92 Å². The molecule has 1 aromatic heterocycles. The number of rotatable bonds is 2. The van der Waals surface area contributed by atoms with Gasteiger partial charge in [0.1, 0.15) is 11.6 Å². The van der Waals surface area contributed by atoms with Crippen LogP contribution in [0, 0.1) is 12.7 Å². The Kier molecular flexibility index (Phi) is 3.19. The summed E-state index contributed by atoms with van der Waals surface area (Å²) in [7, 11) is 0. The van der Waals surface area contributed by atoms with Gasteiger partial charge in [0.2, 0.25) is 5.88 Å². The maximum absolute atomic E-state index is 13.0. The molecule has 0 aliphatic rings. The number of benzene rings is 1. The largest absolute Gasteiger partial charge is 0.439 e. The summed E-state index contributed by atoms with van der Waals surface area (Å²) in [6, 6.07) is 7.95. The van der Waals surface area contributed by atoms with E-state index in [9.17, 15) is 4.39 Å². The lowest BCUT2D eigenvalue weighted by molar-refractivity contribution is 0.454. The molecule has 0 spiro atoms. The van der Waals surface area contributed by atoms with Crippen molar-refractivity contribution in [3.8, 4) is 11.6 Å². The van der Waals surface area contributed by atoms with E-state index in [0.29, 0.717) is 11.6 Å². The van der Waals surface area contributed by atoms with Gasteiger partial charge in [0.15, 0.2) is 0 Å². The maximum Gasteiger partial charge on any atom is 0.219 e. The van der Waals surface area contributed by atoms with Crippen LogP contribution in [0.2, 0.25) is 0 Å². The molecular weight excluding hydrogens is 273 g/mol. The van der Waals surface area contributed by atoms with Crippen LogP contribution in [0.3, 0.4) is 0 Å². The first kappa shape index (κ1) is 11.1. The Morgan fingerprint density at radius 2 is 2.06 bits per heavy atom. The van der Waals surface area contributed by atoms with Gasteiger partial charge >= 0.3 is 0 Å². The van der Waals surface area contributed by atoms with E-state index in [4.69, 9.17) is 4.74 Å². The number of aromatic nitrogens is 1. The highest BCUT2D eigenvalue weighted by Gasteiger charge is 2.03. The standard InChI is InChI=1S/C12H9BrFNO/c1-8-2-4-10(14)6-11(8)16-12-5-3-9(13)7-15-12/h2-7H,1H3. The Morgan fingerprint density at radius 1 is 1.25 bits per heavy atom. The Labute approximate surface area is 101 Å². The number of hydrogen-bond acceptors (Lipinski definition) is 2. The second-order valence-corrected chi connectivity index (χ2v) is 4.24. The molecule has 0 saturated heterocycles. The fourth-order valence-corrected chi connectivity index (χ4v) is 1.45. The van der Waals surface area contributed by atoms with Crippen molar-refractivity contribution < 1.29 is 9.13 Å². The van der Waals surface area contributed by atoms with Crippen LogP contribution in [-0.4, -0.2) is 4.98 Å². The lowest BCUT2D eigenvalue weighted by Gasteiger charge is -2.07. The average molecular weight is 282 g/mol. The minimum absolute atomic E-state index is 0.322. The van der Waals surface area contributed by atoms with Gasteiger partial charge in [-0.1, -0.05) is 6.07 Å². The van der Waals surface area contributed by atoms with Crippen LogP contribution >= 0.6 is 15.9 Å². The van der Waals surface area contributed by atoms with E-state index in [1.165, 1.54) is 12.1 Å². The summed E-state index contributed by atoms with van der Waals surface area (Å²) in [4.78, 5) is 4.05. The number of ether oxygens (including phenoxy) is 1. The summed E-state index contributed by atoms with van der Waals surface area (Å²) in [6.07, 6.45) is 1.63. The van der Waals surface area contributed by atoms with Crippen molar-refractivity contribution in [3.63, 3.8) is 0 Å². The van der Waals surface area contributed by atoms with Gasteiger partial charge in [0.25, 0.3) is 0 Å². The molecule has 0 N–H and O–H groups in total. The number of halogens is 2. The molecule has 0 atom stereocenters. The van der Waals surface area contributed by atoms with Gasteiger partial charge in [-0.15, -0.1) is 0 Å². The minimum atomic E-state index is -0.322. The summed E-state index contributed by atoms with van der Waals surface area (Å²) in [6.45, 7) is 1.85. The molecule has 2 rings (SSSR count). The third kappa shape index (κ3) is 2.58. The molecule has 0 fully saturated rings. The third-order valence-corrected chi connectivity index (χ3v) is 2.53. The normalized spacial score (nSPS) is 10.2. The summed E-state index contributed by atoms with van der Waals surface area (Å²) < 4.78 is 19.4. The molecule has 2 aromatic rings. The van der Waals surface area contributed by atoms with Crippen molar-refractivity contribution in [1.82, 2.24) is 4.98 Å². The van der Waals surface area contributed by atoms with E-state index in [-0.39, 0.29) is 5.82 Å². The quantitative estimate of drug-likeness (QED) is 0.827. The van der Waals surface area contributed by atoms with Gasteiger partial charge in [-0.05, 0) is 40.5 Å². The smallest absolute Gasteiger partial charge is 0.219 e. The molecule has 0 saturated carbocycles. The highest BCUT2D eigenvalue weighted by atomic mass is 79.9. The molecule has 0 bridgehead atoms. The van der Waals surface area contributed by atoms with Crippen molar-refractivity contribution in [1.29, 1.82) is 0 Å². The van der Waals surface area contributed by atoms with Crippen LogP contribution < -0.4 is 4.74 Å². The lowest BCUT2D eigenvalue weighted by atomic mass is 10.2. The molecule has 2 nitrogen and oxygen atoms in total. The van der Waals surface area contributed by atoms with E-state index in [0.717, 1.165) is 10.0 Å². The minimum Gasteiger partial charge on any atom is -0.439 e. The van der Waals surface area contributed by atoms with Gasteiger partial charge in [-0.25, -0.2) is 9.37 Å². The van der Waals surface area contributed by atoms with Crippen LogP contribution in [-0.2, 0) is 0 Å². The van der Waals surface area contributed by atoms with Crippen molar-refractivity contribution >= 4 is 15.9 Å². The molecule has 16 heavy (non-hydrogen) atoms. The van der Waals surface area contributed by atoms with E-state index < -0.39 is 0 Å². The van der Waals surface area contributed by atoms with Crippen LogP contribution in [0.15, 0.2) is 41.0 Å². The van der Waals surface area contributed by atoms with Gasteiger partial charge < -0.3 is 4.74 Å². The summed E-state index contributed by atoms with van der Waals surface area (Å²) in [5.41, 5.74) is 0.867. The number of hydrogen-bond donors (Lipinski definition) is 0. The van der Waals surface area contributed by atoms with E-state index in [1.54, 1.807) is 18.3 Å². The molecule has 1 aromatic carbocycles. The Morgan fingerprint density at radius 3 is 2.75 bits per heavy atom. The molecule has 0 amide bonds. The summed E-state index contributed by atoms with van der Waals surface area (Å²) >= 11 is 3.28. The number of nitrogens with zero attached hydrogens (tertiary/aromatic N) is 1. The zero-order valence-electron chi connectivity index (χ0n) is 8.58. The van der Waals surface area contributed by atoms with Crippen LogP contribution in [0.4, 0.5) is 4.39 Å². The summed E-state index contributed by atoms with van der Waals surface area (Å²) in [5, 5.41) is 0. The first-order chi connectivity index (χ1) is 7.65. The zero-order valence-corrected chi connectivity index (χ0v) is 10.2. The van der Waals surface area contributed by atoms with E-state index in [2.05, 4.69) is 20.9 Å². The van der Waals surface area contributed by atoms with Crippen molar-refractivity contribution in [3.05, 3.63) is 52.4 Å². The number of pyridine rings is 1. The summed E-state index contributed by atoms with van der Waals surface area (Å²) in [5.74, 6) is 0.601. The van der Waals surface area contributed by atoms with Gasteiger partial charge in [-0.3, -0.25) is 0 Å². The van der Waals surface area contributed by atoms with E-state index >= 15 is 0 Å². The SMILES string of the molecule is Cc1ccc(F)cc1Oc1ccc(Br)cn1. The molecule has 0 aliphatic heterocycles. The second-order valence-electron chi connectivity index (χ2n) is 3.33. The van der Waals surface area contributed by atoms with Gasteiger partial charge in [0.05, 0.1) is 0 Å². The highest BCUT2D eigenvalue weighted by molar-refractivity contribution is 9.10. The van der Waals surface area contributed by atoms with Crippen molar-refractivity contribution in [2.24, 2.45) is 0 Å². The van der Waals surface area contributed by atoms with Crippen molar-refractivity contribution in [2.75, 3.05) is 0 Å². The zero-order chi connectivity index (χ0) is 11.5.